The number of fused-ring (bicyclic) bond motifs is 9. The smallest absolute Gasteiger partial charge is 0.135 e. The predicted octanol–water partition coefficient (Wildman–Crippen LogP) is 8.89. The molecule has 206 valence electrons. The van der Waals surface area contributed by atoms with Gasteiger partial charge in [-0.05, 0) is 59.1 Å². The van der Waals surface area contributed by atoms with Crippen molar-refractivity contribution >= 4 is 92.6 Å². The van der Waals surface area contributed by atoms with Gasteiger partial charge in [-0.1, -0.05) is 164 Å². The minimum absolute atomic E-state index is 1.31. The number of rotatable bonds is 4. The van der Waals surface area contributed by atoms with Crippen LogP contribution >= 0.6 is 11.3 Å². The van der Waals surface area contributed by atoms with E-state index < -0.39 is 8.07 Å². The standard InChI is InChI=1S/C42H28SSi/c1-3-14-29(15-4-1)44(30-16-5-2-6-17-30,41-25-13-23-38-37-22-11-12-24-40(37)43-42(38)41)31-26-27-36-34-20-8-7-18-32(34)33-19-9-10-21-35(33)39(36)28-31/h1-28H. The molecule has 0 aliphatic carbocycles. The molecular formula is C42H28SSi. The molecule has 1 aromatic heterocycles. The first-order valence-electron chi connectivity index (χ1n) is 15.2. The summed E-state index contributed by atoms with van der Waals surface area (Å²) in [7, 11) is -2.79. The van der Waals surface area contributed by atoms with Gasteiger partial charge in [-0.3, -0.25) is 0 Å². The van der Waals surface area contributed by atoms with Crippen molar-refractivity contribution in [1.29, 1.82) is 0 Å². The highest BCUT2D eigenvalue weighted by molar-refractivity contribution is 7.30. The average Bonchev–Trinajstić information content (AvgIpc) is 3.49. The van der Waals surface area contributed by atoms with E-state index in [1.165, 1.54) is 73.2 Å². The van der Waals surface area contributed by atoms with E-state index in [0.29, 0.717) is 0 Å². The van der Waals surface area contributed by atoms with Crippen molar-refractivity contribution in [3.05, 3.63) is 170 Å². The molecule has 0 radical (unpaired) electrons. The van der Waals surface area contributed by atoms with Crippen LogP contribution in [0.1, 0.15) is 0 Å². The third-order valence-electron chi connectivity index (χ3n) is 9.40. The second-order valence-electron chi connectivity index (χ2n) is 11.6. The lowest BCUT2D eigenvalue weighted by Gasteiger charge is -2.35. The van der Waals surface area contributed by atoms with Crippen LogP contribution < -0.4 is 20.7 Å². The summed E-state index contributed by atoms with van der Waals surface area (Å²) in [6.45, 7) is 0. The van der Waals surface area contributed by atoms with E-state index >= 15 is 0 Å². The van der Waals surface area contributed by atoms with Gasteiger partial charge in [0.1, 0.15) is 0 Å². The first kappa shape index (κ1) is 25.5. The van der Waals surface area contributed by atoms with E-state index in [0.717, 1.165) is 0 Å². The molecule has 8 aromatic carbocycles. The molecule has 0 nitrogen and oxygen atoms in total. The van der Waals surface area contributed by atoms with Gasteiger partial charge >= 0.3 is 0 Å². The Morgan fingerprint density at radius 2 is 0.795 bits per heavy atom. The Hall–Kier alpha value is -5.02. The molecule has 0 fully saturated rings. The molecule has 44 heavy (non-hydrogen) atoms. The monoisotopic (exact) mass is 592 g/mol. The molecule has 0 amide bonds. The van der Waals surface area contributed by atoms with Crippen LogP contribution in [-0.2, 0) is 0 Å². The molecule has 0 saturated heterocycles. The first-order valence-corrected chi connectivity index (χ1v) is 18.0. The first-order chi connectivity index (χ1) is 21.8. The van der Waals surface area contributed by atoms with E-state index in [1.54, 1.807) is 0 Å². The zero-order valence-corrected chi connectivity index (χ0v) is 25.9. The molecule has 0 saturated carbocycles. The lowest BCUT2D eigenvalue weighted by molar-refractivity contribution is 1.70. The molecule has 9 aromatic rings. The maximum atomic E-state index is 2.54. The van der Waals surface area contributed by atoms with Gasteiger partial charge in [0.15, 0.2) is 8.07 Å². The fraction of sp³-hybridized carbons (Fsp3) is 0. The van der Waals surface area contributed by atoms with Crippen LogP contribution in [0.15, 0.2) is 170 Å². The molecule has 0 aliphatic heterocycles. The maximum absolute atomic E-state index is 2.79. The molecule has 0 bridgehead atoms. The molecular weight excluding hydrogens is 565 g/mol. The van der Waals surface area contributed by atoms with E-state index in [1.807, 2.05) is 11.3 Å². The van der Waals surface area contributed by atoms with Gasteiger partial charge in [0.25, 0.3) is 0 Å². The maximum Gasteiger partial charge on any atom is 0.181 e. The van der Waals surface area contributed by atoms with Crippen molar-refractivity contribution in [3.8, 4) is 0 Å². The van der Waals surface area contributed by atoms with Gasteiger partial charge in [0.05, 0.1) is 0 Å². The Labute approximate surface area is 261 Å². The molecule has 0 aliphatic rings. The van der Waals surface area contributed by atoms with Crippen LogP contribution in [0, 0.1) is 0 Å². The van der Waals surface area contributed by atoms with E-state index in [4.69, 9.17) is 0 Å². The molecule has 0 unspecified atom stereocenters. The van der Waals surface area contributed by atoms with Crippen molar-refractivity contribution < 1.29 is 0 Å². The Kier molecular flexibility index (Phi) is 5.80. The van der Waals surface area contributed by atoms with Gasteiger partial charge in [-0.25, -0.2) is 0 Å². The Morgan fingerprint density at radius 1 is 0.318 bits per heavy atom. The highest BCUT2D eigenvalue weighted by Crippen LogP contribution is 2.36. The van der Waals surface area contributed by atoms with E-state index in [2.05, 4.69) is 170 Å². The van der Waals surface area contributed by atoms with Crippen LogP contribution in [0.3, 0.4) is 0 Å². The SMILES string of the molecule is c1ccc([Si](c2ccccc2)(c2ccc3c4ccccc4c4ccccc4c3c2)c2cccc3c2sc2ccccc23)cc1. The lowest BCUT2D eigenvalue weighted by Crippen LogP contribution is -2.74. The second-order valence-corrected chi connectivity index (χ2v) is 16.4. The van der Waals surface area contributed by atoms with Crippen molar-refractivity contribution in [1.82, 2.24) is 0 Å². The third-order valence-corrected chi connectivity index (χ3v) is 15.6. The van der Waals surface area contributed by atoms with Crippen molar-refractivity contribution in [2.45, 2.75) is 0 Å². The summed E-state index contributed by atoms with van der Waals surface area (Å²) >= 11 is 1.94. The van der Waals surface area contributed by atoms with Crippen LogP contribution in [-0.4, -0.2) is 8.07 Å². The average molecular weight is 593 g/mol. The van der Waals surface area contributed by atoms with Crippen LogP contribution in [0.4, 0.5) is 0 Å². The molecule has 9 rings (SSSR count). The van der Waals surface area contributed by atoms with Crippen LogP contribution in [0.2, 0.25) is 0 Å². The van der Waals surface area contributed by atoms with Crippen molar-refractivity contribution in [3.63, 3.8) is 0 Å². The lowest BCUT2D eigenvalue weighted by atomic mass is 9.94. The fourth-order valence-corrected chi connectivity index (χ4v) is 14.1. The molecule has 0 spiro atoms. The van der Waals surface area contributed by atoms with Gasteiger partial charge in [0, 0.05) is 20.2 Å². The van der Waals surface area contributed by atoms with Gasteiger partial charge < -0.3 is 0 Å². The van der Waals surface area contributed by atoms with Crippen LogP contribution in [0.25, 0.3) is 52.5 Å². The number of hydrogen-bond donors (Lipinski definition) is 0. The zero-order valence-electron chi connectivity index (χ0n) is 24.1. The highest BCUT2D eigenvalue weighted by atomic mass is 32.1. The van der Waals surface area contributed by atoms with E-state index in [-0.39, 0.29) is 0 Å². The van der Waals surface area contributed by atoms with Gasteiger partial charge in [-0.2, -0.15) is 0 Å². The largest absolute Gasteiger partial charge is 0.181 e. The summed E-state index contributed by atoms with van der Waals surface area (Å²) in [6, 6.07) is 63.7. The summed E-state index contributed by atoms with van der Waals surface area (Å²) in [5.74, 6) is 0. The summed E-state index contributed by atoms with van der Waals surface area (Å²) in [6.07, 6.45) is 0. The quantitative estimate of drug-likeness (QED) is 0.109. The van der Waals surface area contributed by atoms with Crippen molar-refractivity contribution in [2.24, 2.45) is 0 Å². The normalized spacial score (nSPS) is 12.1. The minimum Gasteiger partial charge on any atom is -0.135 e. The summed E-state index contributed by atoms with van der Waals surface area (Å²) in [5, 5.41) is 16.2. The van der Waals surface area contributed by atoms with Crippen molar-refractivity contribution in [2.75, 3.05) is 0 Å². The highest BCUT2D eigenvalue weighted by Gasteiger charge is 2.43. The second kappa shape index (κ2) is 10.0. The van der Waals surface area contributed by atoms with Crippen LogP contribution in [0.5, 0.6) is 0 Å². The van der Waals surface area contributed by atoms with E-state index in [9.17, 15) is 0 Å². The van der Waals surface area contributed by atoms with Gasteiger partial charge in [0.2, 0.25) is 0 Å². The fourth-order valence-electron chi connectivity index (χ4n) is 7.53. The Bertz CT molecular complexity index is 2420. The molecule has 1 heterocycles. The van der Waals surface area contributed by atoms with Gasteiger partial charge in [-0.15, -0.1) is 11.3 Å². The summed E-state index contributed by atoms with van der Waals surface area (Å²) < 4.78 is 2.74. The topological polar surface area (TPSA) is 0 Å². The molecule has 0 atom stereocenters. The number of thiophene rings is 1. The Balaban J connectivity index is 1.49. The summed E-state index contributed by atoms with van der Waals surface area (Å²) in [4.78, 5) is 0. The summed E-state index contributed by atoms with van der Waals surface area (Å²) in [5.41, 5.74) is 0. The Morgan fingerprint density at radius 3 is 1.41 bits per heavy atom. The number of benzene rings is 8. The predicted molar refractivity (Wildman–Crippen MR) is 195 cm³/mol. The molecule has 0 N–H and O–H groups in total. The minimum atomic E-state index is -2.79. The zero-order chi connectivity index (χ0) is 29.1. The number of hydrogen-bond acceptors (Lipinski definition) is 1. The molecule has 2 heteroatoms. The third kappa shape index (κ3) is 3.62.